The van der Waals surface area contributed by atoms with E-state index in [1.54, 1.807) is 19.1 Å². The number of Topliss-reactive ketones (excluding diaryl/α,β-unsaturated/α-hetero) is 1. The zero-order valence-corrected chi connectivity index (χ0v) is 14.2. The van der Waals surface area contributed by atoms with E-state index in [-0.39, 0.29) is 0 Å². The quantitative estimate of drug-likeness (QED) is 0.734. The van der Waals surface area contributed by atoms with Gasteiger partial charge in [-0.25, -0.2) is 16.8 Å². The van der Waals surface area contributed by atoms with Gasteiger partial charge in [0.05, 0.1) is 11.5 Å². The number of carbonyl (C=O) groups excluding carboxylic acids is 1. The van der Waals surface area contributed by atoms with Crippen LogP contribution in [-0.2, 0) is 19.7 Å². The summed E-state index contributed by atoms with van der Waals surface area (Å²) in [7, 11) is -7.19. The molecular formula is C14H20O5S2. The number of sulfone groups is 2. The molecule has 0 bridgehead atoms. The highest BCUT2D eigenvalue weighted by molar-refractivity contribution is 7.95. The van der Waals surface area contributed by atoms with Gasteiger partial charge in [0.1, 0.15) is 15.1 Å². The van der Waals surface area contributed by atoms with E-state index in [0.717, 1.165) is 11.8 Å². The summed E-state index contributed by atoms with van der Waals surface area (Å²) in [6, 6.07) is 5.26. The van der Waals surface area contributed by atoms with Gasteiger partial charge < -0.3 is 0 Å². The van der Waals surface area contributed by atoms with E-state index in [1.807, 2.05) is 13.0 Å². The maximum absolute atomic E-state index is 12.4. The van der Waals surface area contributed by atoms with Crippen LogP contribution in [0.15, 0.2) is 18.2 Å². The Morgan fingerprint density at radius 3 is 2.19 bits per heavy atom. The van der Waals surface area contributed by atoms with Crippen LogP contribution in [0.5, 0.6) is 0 Å². The molecule has 0 saturated heterocycles. The lowest BCUT2D eigenvalue weighted by Crippen LogP contribution is -2.32. The highest BCUT2D eigenvalue weighted by atomic mass is 32.2. The Labute approximate surface area is 126 Å². The molecule has 0 saturated carbocycles. The minimum Gasteiger partial charge on any atom is -0.293 e. The summed E-state index contributed by atoms with van der Waals surface area (Å²) < 4.78 is 46.4. The number of hydrogen-bond acceptors (Lipinski definition) is 5. The third kappa shape index (κ3) is 4.93. The smallest absolute Gasteiger partial charge is 0.180 e. The second-order valence-corrected chi connectivity index (χ2v) is 10.0. The molecule has 0 heterocycles. The molecule has 1 aromatic carbocycles. The molecule has 21 heavy (non-hydrogen) atoms. The Bertz CT molecular complexity index is 746. The maximum atomic E-state index is 12.4. The molecule has 0 aliphatic rings. The molecule has 0 spiro atoms. The molecule has 1 atom stereocenters. The molecule has 0 N–H and O–H groups in total. The summed E-state index contributed by atoms with van der Waals surface area (Å²) in [5, 5.41) is -1.25. The molecule has 118 valence electrons. The van der Waals surface area contributed by atoms with Gasteiger partial charge in [-0.05, 0) is 32.4 Å². The molecule has 0 aromatic heterocycles. The third-order valence-corrected chi connectivity index (χ3v) is 6.57. The first-order valence-electron chi connectivity index (χ1n) is 6.45. The van der Waals surface area contributed by atoms with E-state index in [4.69, 9.17) is 0 Å². The van der Waals surface area contributed by atoms with Crippen molar-refractivity contribution >= 4 is 25.5 Å². The Hall–Kier alpha value is -1.21. The van der Waals surface area contributed by atoms with Crippen molar-refractivity contribution in [2.75, 3.05) is 17.8 Å². The average molecular weight is 332 g/mol. The van der Waals surface area contributed by atoms with Crippen LogP contribution in [-0.4, -0.2) is 45.6 Å². The van der Waals surface area contributed by atoms with Crippen LogP contribution in [0.1, 0.15) is 28.4 Å². The Morgan fingerprint density at radius 1 is 1.10 bits per heavy atom. The van der Waals surface area contributed by atoms with Gasteiger partial charge in [-0.3, -0.25) is 4.79 Å². The predicted molar refractivity (Wildman–Crippen MR) is 83.2 cm³/mol. The molecular weight excluding hydrogens is 312 g/mol. The topological polar surface area (TPSA) is 85.3 Å². The fourth-order valence-corrected chi connectivity index (χ4v) is 4.77. The van der Waals surface area contributed by atoms with Crippen molar-refractivity contribution in [2.45, 2.75) is 26.0 Å². The van der Waals surface area contributed by atoms with Crippen molar-refractivity contribution in [1.29, 1.82) is 0 Å². The largest absolute Gasteiger partial charge is 0.293 e. The van der Waals surface area contributed by atoms with Crippen molar-refractivity contribution in [2.24, 2.45) is 0 Å². The summed E-state index contributed by atoms with van der Waals surface area (Å²) in [5.74, 6) is -1.51. The first kappa shape index (κ1) is 17.8. The van der Waals surface area contributed by atoms with Crippen LogP contribution >= 0.6 is 0 Å². The molecule has 0 aliphatic carbocycles. The fraction of sp³-hybridized carbons (Fsp3) is 0.500. The van der Waals surface area contributed by atoms with Crippen LogP contribution in [0.3, 0.4) is 0 Å². The standard InChI is InChI=1S/C14H20O5S2/c1-10-5-6-11(2)13(9-10)14(15)12(3)21(18,19)8-7-20(4,16)17/h5-6,9,12H,7-8H2,1-4H3. The minimum atomic E-state index is -3.80. The highest BCUT2D eigenvalue weighted by Gasteiger charge is 2.30. The first-order chi connectivity index (χ1) is 9.44. The lowest BCUT2D eigenvalue weighted by atomic mass is 10.0. The van der Waals surface area contributed by atoms with Crippen molar-refractivity contribution in [1.82, 2.24) is 0 Å². The SMILES string of the molecule is Cc1ccc(C)c(C(=O)C(C)S(=O)(=O)CCS(C)(=O)=O)c1. The molecule has 1 unspecified atom stereocenters. The highest BCUT2D eigenvalue weighted by Crippen LogP contribution is 2.17. The third-order valence-electron chi connectivity index (χ3n) is 3.31. The summed E-state index contributed by atoms with van der Waals surface area (Å²) >= 11 is 0. The van der Waals surface area contributed by atoms with Gasteiger partial charge in [0, 0.05) is 11.8 Å². The summed E-state index contributed by atoms with van der Waals surface area (Å²) in [5.41, 5.74) is 1.94. The van der Waals surface area contributed by atoms with E-state index in [9.17, 15) is 21.6 Å². The van der Waals surface area contributed by atoms with E-state index in [1.165, 1.54) is 6.92 Å². The zero-order valence-electron chi connectivity index (χ0n) is 12.6. The Balaban J connectivity index is 3.04. The summed E-state index contributed by atoms with van der Waals surface area (Å²) in [4.78, 5) is 12.4. The van der Waals surface area contributed by atoms with Gasteiger partial charge >= 0.3 is 0 Å². The lowest BCUT2D eigenvalue weighted by Gasteiger charge is -2.13. The van der Waals surface area contributed by atoms with Gasteiger partial charge in [-0.1, -0.05) is 17.7 Å². The molecule has 7 heteroatoms. The van der Waals surface area contributed by atoms with E-state index in [2.05, 4.69) is 0 Å². The Kier molecular flexibility index (Phi) is 5.33. The van der Waals surface area contributed by atoms with E-state index < -0.39 is 42.2 Å². The van der Waals surface area contributed by atoms with Crippen molar-refractivity contribution in [3.05, 3.63) is 34.9 Å². The zero-order chi connectivity index (χ0) is 16.4. The molecule has 0 aliphatic heterocycles. The van der Waals surface area contributed by atoms with Crippen LogP contribution in [0, 0.1) is 13.8 Å². The van der Waals surface area contributed by atoms with E-state index in [0.29, 0.717) is 11.1 Å². The van der Waals surface area contributed by atoms with Gasteiger partial charge in [-0.15, -0.1) is 0 Å². The second-order valence-electron chi connectivity index (χ2n) is 5.32. The van der Waals surface area contributed by atoms with Crippen LogP contribution < -0.4 is 0 Å². The van der Waals surface area contributed by atoms with Crippen molar-refractivity contribution < 1.29 is 21.6 Å². The van der Waals surface area contributed by atoms with Crippen molar-refractivity contribution in [3.63, 3.8) is 0 Å². The average Bonchev–Trinajstić information content (AvgIpc) is 2.37. The predicted octanol–water partition coefficient (Wildman–Crippen LogP) is 1.33. The number of hydrogen-bond donors (Lipinski definition) is 0. The minimum absolute atomic E-state index is 0.366. The van der Waals surface area contributed by atoms with Crippen LogP contribution in [0.2, 0.25) is 0 Å². The molecule has 0 amide bonds. The molecule has 5 nitrogen and oxygen atoms in total. The molecule has 0 fully saturated rings. The normalized spacial score (nSPS) is 13.9. The second kappa shape index (κ2) is 6.27. The van der Waals surface area contributed by atoms with Gasteiger partial charge in [0.25, 0.3) is 0 Å². The fourth-order valence-electron chi connectivity index (χ4n) is 1.83. The number of ketones is 1. The maximum Gasteiger partial charge on any atom is 0.180 e. The van der Waals surface area contributed by atoms with Gasteiger partial charge in [0.2, 0.25) is 0 Å². The summed E-state index contributed by atoms with van der Waals surface area (Å²) in [6.07, 6.45) is 0.972. The monoisotopic (exact) mass is 332 g/mol. The number of carbonyl (C=O) groups is 1. The van der Waals surface area contributed by atoms with Gasteiger partial charge in [0.15, 0.2) is 15.6 Å². The molecule has 0 radical (unpaired) electrons. The van der Waals surface area contributed by atoms with Crippen LogP contribution in [0.25, 0.3) is 0 Å². The number of benzene rings is 1. The van der Waals surface area contributed by atoms with Crippen molar-refractivity contribution in [3.8, 4) is 0 Å². The number of aryl methyl sites for hydroxylation is 2. The molecule has 1 aromatic rings. The first-order valence-corrected chi connectivity index (χ1v) is 10.2. The summed E-state index contributed by atoms with van der Waals surface area (Å²) in [6.45, 7) is 4.86. The molecule has 1 rings (SSSR count). The van der Waals surface area contributed by atoms with Crippen LogP contribution in [0.4, 0.5) is 0 Å². The Morgan fingerprint density at radius 2 is 1.67 bits per heavy atom. The lowest BCUT2D eigenvalue weighted by molar-refractivity contribution is 0.0991. The van der Waals surface area contributed by atoms with E-state index >= 15 is 0 Å². The van der Waals surface area contributed by atoms with Gasteiger partial charge in [-0.2, -0.15) is 0 Å². The number of rotatable bonds is 6.